The number of rotatable bonds is 0. The summed E-state index contributed by atoms with van der Waals surface area (Å²) in [6.07, 6.45) is 25.6. The van der Waals surface area contributed by atoms with Crippen LogP contribution in [0.25, 0.3) is 0 Å². The average Bonchev–Trinajstić information content (AvgIpc) is 3.76. The quantitative estimate of drug-likeness (QED) is 0.132. The van der Waals surface area contributed by atoms with E-state index in [1.807, 2.05) is 0 Å². The molecule has 264 valence electrons. The zero-order valence-corrected chi connectivity index (χ0v) is 28.9. The van der Waals surface area contributed by atoms with Gasteiger partial charge in [0.1, 0.15) is 0 Å². The Morgan fingerprint density at radius 3 is 0.543 bits per heavy atom. The smallest absolute Gasteiger partial charge is 0.286 e. The summed E-state index contributed by atoms with van der Waals surface area (Å²) in [4.78, 5) is 0. The van der Waals surface area contributed by atoms with Gasteiger partial charge in [-0.25, -0.2) is 0 Å². The van der Waals surface area contributed by atoms with Crippen LogP contribution >= 0.6 is 0 Å². The Morgan fingerprint density at radius 2 is 0.435 bits per heavy atom. The van der Waals surface area contributed by atoms with Crippen molar-refractivity contribution in [2.75, 3.05) is 0 Å². The molecule has 0 aromatic heterocycles. The van der Waals surface area contributed by atoms with Crippen LogP contribution in [0.15, 0.2) is 0 Å². The third-order valence-electron chi connectivity index (χ3n) is 13.8. The number of nitrogens with one attached hydrogen (secondary N) is 8. The van der Waals surface area contributed by atoms with E-state index in [4.69, 9.17) is 17.5 Å². The maximum atomic E-state index is 8.74. The van der Waals surface area contributed by atoms with Gasteiger partial charge in [0.15, 0.2) is 0 Å². The largest absolute Gasteiger partial charge is 0.394 e. The average molecular weight is 707 g/mol. The third-order valence-corrected chi connectivity index (χ3v) is 13.8. The van der Waals surface area contributed by atoms with Gasteiger partial charge in [0, 0.05) is 17.1 Å². The van der Waals surface area contributed by atoms with Crippen molar-refractivity contribution in [3.63, 3.8) is 0 Å². The Bertz CT molecular complexity index is 941. The first kappa shape index (κ1) is 34.5. The fraction of sp³-hybridized carbons (Fsp3) is 1.00. The summed E-state index contributed by atoms with van der Waals surface area (Å²) in [5, 5.41) is 33.8. The van der Waals surface area contributed by atoms with Gasteiger partial charge in [-0.1, -0.05) is 51.4 Å². The molecule has 10 N–H and O–H groups in total. The van der Waals surface area contributed by atoms with E-state index in [9.17, 15) is 0 Å². The fourth-order valence-electron chi connectivity index (χ4n) is 12.0. The number of hydrogen-bond donors (Lipinski definition) is 10. The molecule has 0 aromatic carbocycles. The SMILES string of the molecule is C1CCC2C3NC(NC4NC(NC5NC(NC6NC(N3)C3CCCCC63)C3CCCCC53)C3CCCCC43)C2C1.O=S(=O)(O)O.[Fe]. The zero-order valence-electron chi connectivity index (χ0n) is 27.0. The summed E-state index contributed by atoms with van der Waals surface area (Å²) in [5.41, 5.74) is 0. The van der Waals surface area contributed by atoms with Crippen molar-refractivity contribution in [3.05, 3.63) is 0 Å². The molecular formula is C32H58FeN8O4S. The van der Waals surface area contributed by atoms with E-state index in [-0.39, 0.29) is 17.1 Å². The molecule has 14 heteroatoms. The molecule has 5 heterocycles. The standard InChI is InChI=1S/C32H56N8.Fe.H2O4S/c1-2-10-18-17(9-1)25-33-26(18)38-28-21-13-5-6-14-22(21)30(35-28)40-32-24-16-8-7-15-23(24)31(36-32)39-29-20-12-4-3-11-19(20)27(34-29)37-25;;1-5(2,3)4/h17-40H,1-16H2;;(H2,1,2,3,4). The Kier molecular flexibility index (Phi) is 10.8. The first-order chi connectivity index (χ1) is 21.8. The van der Waals surface area contributed by atoms with Gasteiger partial charge >= 0.3 is 10.4 Å². The maximum Gasteiger partial charge on any atom is 0.394 e. The molecule has 8 atom stereocenters. The maximum absolute atomic E-state index is 8.74. The van der Waals surface area contributed by atoms with Gasteiger partial charge in [-0.15, -0.1) is 0 Å². The molecule has 4 saturated carbocycles. The molecule has 12 nitrogen and oxygen atoms in total. The van der Waals surface area contributed by atoms with Crippen LogP contribution in [-0.4, -0.2) is 66.8 Å². The van der Waals surface area contributed by atoms with Crippen molar-refractivity contribution in [2.45, 2.75) is 152 Å². The van der Waals surface area contributed by atoms with Crippen LogP contribution in [0.1, 0.15) is 103 Å². The van der Waals surface area contributed by atoms with E-state index < -0.39 is 10.4 Å². The predicted octanol–water partition coefficient (Wildman–Crippen LogP) is 1.95. The van der Waals surface area contributed by atoms with Gasteiger partial charge in [-0.2, -0.15) is 8.42 Å². The van der Waals surface area contributed by atoms with E-state index in [2.05, 4.69) is 42.5 Å². The minimum absolute atomic E-state index is 0. The summed E-state index contributed by atoms with van der Waals surface area (Å²) in [5.74, 6) is 5.97. The second-order valence-corrected chi connectivity index (χ2v) is 16.9. The first-order valence-electron chi connectivity index (χ1n) is 18.6. The topological polar surface area (TPSA) is 171 Å². The molecule has 9 fully saturated rings. The molecule has 0 aromatic rings. The number of hydrogen-bond acceptors (Lipinski definition) is 10. The van der Waals surface area contributed by atoms with E-state index in [0.29, 0.717) is 49.3 Å². The third kappa shape index (κ3) is 7.00. The molecule has 0 amide bonds. The zero-order chi connectivity index (χ0) is 30.7. The van der Waals surface area contributed by atoms with Crippen molar-refractivity contribution < 1.29 is 34.6 Å². The summed E-state index contributed by atoms with van der Waals surface area (Å²) < 4.78 is 31.6. The van der Waals surface area contributed by atoms with Gasteiger partial charge in [-0.05, 0) is 98.7 Å². The van der Waals surface area contributed by atoms with E-state index in [0.717, 1.165) is 47.3 Å². The summed E-state index contributed by atoms with van der Waals surface area (Å²) in [6.45, 7) is 0. The molecule has 4 aliphatic carbocycles. The minimum Gasteiger partial charge on any atom is -0.286 e. The van der Waals surface area contributed by atoms with Crippen molar-refractivity contribution in [3.8, 4) is 0 Å². The second-order valence-electron chi connectivity index (χ2n) is 16.1. The van der Waals surface area contributed by atoms with Gasteiger partial charge in [0.25, 0.3) is 0 Å². The van der Waals surface area contributed by atoms with Crippen LogP contribution in [0.5, 0.6) is 0 Å². The predicted molar refractivity (Wildman–Crippen MR) is 171 cm³/mol. The van der Waals surface area contributed by atoms with E-state index in [1.54, 1.807) is 0 Å². The first-order valence-corrected chi connectivity index (χ1v) is 20.0. The summed E-state index contributed by atoms with van der Waals surface area (Å²) in [6, 6.07) is 0. The molecule has 5 aliphatic heterocycles. The summed E-state index contributed by atoms with van der Waals surface area (Å²) in [7, 11) is -4.67. The molecule has 46 heavy (non-hydrogen) atoms. The molecule has 0 radical (unpaired) electrons. The van der Waals surface area contributed by atoms with Crippen LogP contribution in [0.2, 0.25) is 0 Å². The molecule has 9 rings (SSSR count). The molecule has 5 saturated heterocycles. The van der Waals surface area contributed by atoms with Crippen molar-refractivity contribution in [1.82, 2.24) is 42.5 Å². The Balaban J connectivity index is 0.000000526. The molecule has 0 spiro atoms. The molecule has 9 aliphatic rings. The Morgan fingerprint density at radius 1 is 0.326 bits per heavy atom. The minimum atomic E-state index is -4.67. The van der Waals surface area contributed by atoms with Crippen molar-refractivity contribution in [1.29, 1.82) is 0 Å². The van der Waals surface area contributed by atoms with Crippen LogP contribution in [0.4, 0.5) is 0 Å². The van der Waals surface area contributed by atoms with Crippen LogP contribution in [-0.2, 0) is 27.5 Å². The Hall–Kier alpha value is 0.0695. The molecule has 8 bridgehead atoms. The Labute approximate surface area is 286 Å². The van der Waals surface area contributed by atoms with Crippen LogP contribution < -0.4 is 42.5 Å². The molecular weight excluding hydrogens is 648 g/mol. The van der Waals surface area contributed by atoms with Crippen LogP contribution in [0.3, 0.4) is 0 Å². The second kappa shape index (κ2) is 14.4. The van der Waals surface area contributed by atoms with Crippen molar-refractivity contribution >= 4 is 10.4 Å². The van der Waals surface area contributed by atoms with Gasteiger partial charge in [0.2, 0.25) is 0 Å². The van der Waals surface area contributed by atoms with Gasteiger partial charge in [0.05, 0.1) is 49.3 Å². The van der Waals surface area contributed by atoms with Crippen molar-refractivity contribution in [2.24, 2.45) is 47.3 Å². The van der Waals surface area contributed by atoms with Crippen LogP contribution in [0, 0.1) is 47.3 Å². The van der Waals surface area contributed by atoms with E-state index in [1.165, 1.54) is 103 Å². The molecule has 8 unspecified atom stereocenters. The number of fused-ring (bicyclic) bond motifs is 20. The monoisotopic (exact) mass is 706 g/mol. The van der Waals surface area contributed by atoms with Gasteiger partial charge < -0.3 is 0 Å². The van der Waals surface area contributed by atoms with E-state index >= 15 is 0 Å². The fourth-order valence-corrected chi connectivity index (χ4v) is 12.0. The summed E-state index contributed by atoms with van der Waals surface area (Å²) >= 11 is 0. The van der Waals surface area contributed by atoms with Gasteiger partial charge in [-0.3, -0.25) is 51.6 Å². The normalized spacial score (nSPS) is 51.3.